The Kier molecular flexibility index (Phi) is 8.26. The second-order valence-corrected chi connectivity index (χ2v) is 9.44. The van der Waals surface area contributed by atoms with Crippen LogP contribution >= 0.6 is 59.4 Å². The van der Waals surface area contributed by atoms with Gasteiger partial charge in [0.2, 0.25) is 0 Å². The molecule has 0 bridgehead atoms. The summed E-state index contributed by atoms with van der Waals surface area (Å²) in [4.78, 5) is 30.1. The highest BCUT2D eigenvalue weighted by Gasteiger charge is 2.22. The third-order valence-electron chi connectivity index (χ3n) is 4.21. The lowest BCUT2D eigenvalue weighted by molar-refractivity contribution is 0.0954. The van der Waals surface area contributed by atoms with Crippen LogP contribution in [0.2, 0.25) is 5.02 Å². The van der Waals surface area contributed by atoms with E-state index >= 15 is 0 Å². The summed E-state index contributed by atoms with van der Waals surface area (Å²) in [5.41, 5.74) is 0.865. The van der Waals surface area contributed by atoms with Gasteiger partial charge in [0, 0.05) is 27.8 Å². The van der Waals surface area contributed by atoms with Gasteiger partial charge in [-0.05, 0) is 62.5 Å². The zero-order valence-electron chi connectivity index (χ0n) is 16.3. The van der Waals surface area contributed by atoms with Crippen molar-refractivity contribution in [2.24, 2.45) is 0 Å². The number of hydrogen-bond donors (Lipinski definition) is 2. The van der Waals surface area contributed by atoms with Crippen molar-refractivity contribution in [2.75, 3.05) is 11.9 Å². The van der Waals surface area contributed by atoms with Gasteiger partial charge in [0.1, 0.15) is 10.3 Å². The topological polar surface area (TPSA) is 88.9 Å². The standard InChI is InChI=1S/C20H17Br3ClN5O2/c1-2-3-6-26-19(30)12-8-11(21)9-13(22)17(12)27-20(31)15-10-16(23)28-29(15)18-14(24)5-4-7-25-18/h4-5,7-10H,2-3,6H2,1H3,(H,26,30)(H,27,31). The molecule has 7 nitrogen and oxygen atoms in total. The van der Waals surface area contributed by atoms with Gasteiger partial charge in [0.25, 0.3) is 11.8 Å². The second-order valence-electron chi connectivity index (χ2n) is 6.45. The molecule has 0 saturated carbocycles. The summed E-state index contributed by atoms with van der Waals surface area (Å²) in [6.45, 7) is 2.59. The van der Waals surface area contributed by atoms with Gasteiger partial charge in [-0.25, -0.2) is 9.67 Å². The first-order chi connectivity index (χ1) is 14.8. The maximum Gasteiger partial charge on any atom is 0.274 e. The van der Waals surface area contributed by atoms with Gasteiger partial charge in [-0.15, -0.1) is 0 Å². The quantitative estimate of drug-likeness (QED) is 0.313. The van der Waals surface area contributed by atoms with Crippen LogP contribution in [-0.4, -0.2) is 33.1 Å². The molecule has 11 heteroatoms. The van der Waals surface area contributed by atoms with Crippen LogP contribution in [0.1, 0.15) is 40.6 Å². The Labute approximate surface area is 209 Å². The minimum Gasteiger partial charge on any atom is -0.352 e. The van der Waals surface area contributed by atoms with Crippen molar-refractivity contribution in [3.8, 4) is 5.82 Å². The number of carbonyl (C=O) groups is 2. The van der Waals surface area contributed by atoms with Crippen LogP contribution in [0.5, 0.6) is 0 Å². The number of carbonyl (C=O) groups excluding carboxylic acids is 2. The van der Waals surface area contributed by atoms with Gasteiger partial charge >= 0.3 is 0 Å². The Balaban J connectivity index is 1.96. The van der Waals surface area contributed by atoms with E-state index in [-0.39, 0.29) is 11.6 Å². The molecule has 162 valence electrons. The fourth-order valence-corrected chi connectivity index (χ4v) is 4.64. The van der Waals surface area contributed by atoms with Crippen molar-refractivity contribution in [3.05, 3.63) is 66.4 Å². The van der Waals surface area contributed by atoms with Gasteiger partial charge in [-0.3, -0.25) is 9.59 Å². The van der Waals surface area contributed by atoms with Crippen LogP contribution in [0, 0.1) is 0 Å². The molecule has 31 heavy (non-hydrogen) atoms. The number of aromatic nitrogens is 3. The summed E-state index contributed by atoms with van der Waals surface area (Å²) in [6, 6.07) is 8.30. The Bertz CT molecular complexity index is 1140. The molecule has 0 saturated heterocycles. The van der Waals surface area contributed by atoms with Crippen molar-refractivity contribution in [3.63, 3.8) is 0 Å². The summed E-state index contributed by atoms with van der Waals surface area (Å²) in [6.07, 6.45) is 3.38. The lowest BCUT2D eigenvalue weighted by Crippen LogP contribution is -2.27. The molecule has 3 rings (SSSR count). The number of unbranched alkanes of at least 4 members (excludes halogenated alkanes) is 1. The Morgan fingerprint density at radius 2 is 1.94 bits per heavy atom. The molecule has 0 unspecified atom stereocenters. The highest BCUT2D eigenvalue weighted by atomic mass is 79.9. The fourth-order valence-electron chi connectivity index (χ4n) is 2.74. The van der Waals surface area contributed by atoms with E-state index in [9.17, 15) is 9.59 Å². The highest BCUT2D eigenvalue weighted by Crippen LogP contribution is 2.32. The van der Waals surface area contributed by atoms with Gasteiger partial charge < -0.3 is 10.6 Å². The number of rotatable bonds is 7. The monoisotopic (exact) mass is 631 g/mol. The van der Waals surface area contributed by atoms with Crippen LogP contribution in [0.4, 0.5) is 5.69 Å². The summed E-state index contributed by atoms with van der Waals surface area (Å²) < 4.78 is 3.03. The van der Waals surface area contributed by atoms with E-state index in [0.29, 0.717) is 42.2 Å². The minimum absolute atomic E-state index is 0.194. The molecule has 3 aromatic rings. The summed E-state index contributed by atoms with van der Waals surface area (Å²) >= 11 is 16.4. The van der Waals surface area contributed by atoms with Crippen LogP contribution in [0.3, 0.4) is 0 Å². The molecule has 0 aliphatic carbocycles. The van der Waals surface area contributed by atoms with Gasteiger partial charge in [0.15, 0.2) is 5.82 Å². The zero-order chi connectivity index (χ0) is 22.5. The van der Waals surface area contributed by atoms with Crippen molar-refractivity contribution < 1.29 is 9.59 Å². The van der Waals surface area contributed by atoms with E-state index in [1.165, 1.54) is 4.68 Å². The van der Waals surface area contributed by atoms with Gasteiger partial charge in [-0.2, -0.15) is 5.10 Å². The van der Waals surface area contributed by atoms with Crippen molar-refractivity contribution >= 4 is 76.9 Å². The number of amides is 2. The molecule has 2 amide bonds. The third kappa shape index (κ3) is 5.74. The molecule has 2 heterocycles. The molecule has 0 spiro atoms. The summed E-state index contributed by atoms with van der Waals surface area (Å²) in [5.74, 6) is -0.453. The molecule has 0 aliphatic heterocycles. The van der Waals surface area contributed by atoms with Crippen molar-refractivity contribution in [1.82, 2.24) is 20.1 Å². The molecular formula is C20H17Br3ClN5O2. The molecule has 1 aromatic carbocycles. The molecular weight excluding hydrogens is 617 g/mol. The predicted molar refractivity (Wildman–Crippen MR) is 131 cm³/mol. The molecule has 0 aliphatic rings. The number of nitrogens with zero attached hydrogens (tertiary/aromatic N) is 3. The number of hydrogen-bond acceptors (Lipinski definition) is 4. The second kappa shape index (κ2) is 10.7. The van der Waals surface area contributed by atoms with Gasteiger partial charge in [0.05, 0.1) is 16.3 Å². The SMILES string of the molecule is CCCCNC(=O)c1cc(Br)cc(Br)c1NC(=O)c1cc(Br)nn1-c1ncccc1Cl. The highest BCUT2D eigenvalue weighted by molar-refractivity contribution is 9.11. The number of benzene rings is 1. The first-order valence-electron chi connectivity index (χ1n) is 9.26. The third-order valence-corrected chi connectivity index (χ3v) is 5.97. The number of pyridine rings is 1. The first kappa shape index (κ1) is 23.9. The molecule has 0 radical (unpaired) electrons. The molecule has 0 fully saturated rings. The van der Waals surface area contributed by atoms with E-state index in [0.717, 1.165) is 12.8 Å². The fraction of sp³-hybridized carbons (Fsp3) is 0.200. The van der Waals surface area contributed by atoms with E-state index in [1.54, 1.807) is 36.5 Å². The minimum atomic E-state index is -0.481. The van der Waals surface area contributed by atoms with Crippen LogP contribution < -0.4 is 10.6 Å². The largest absolute Gasteiger partial charge is 0.352 e. The average molecular weight is 635 g/mol. The number of nitrogens with one attached hydrogen (secondary N) is 2. The lowest BCUT2D eigenvalue weighted by atomic mass is 10.1. The number of anilines is 1. The molecule has 2 aromatic heterocycles. The molecule has 0 atom stereocenters. The predicted octanol–water partition coefficient (Wildman–Crippen LogP) is 5.99. The number of halogens is 4. The van der Waals surface area contributed by atoms with Gasteiger partial charge in [-0.1, -0.05) is 40.9 Å². The van der Waals surface area contributed by atoms with E-state index in [2.05, 4.69) is 68.5 Å². The normalized spacial score (nSPS) is 10.7. The van der Waals surface area contributed by atoms with E-state index in [1.807, 2.05) is 6.92 Å². The zero-order valence-corrected chi connectivity index (χ0v) is 21.8. The maximum absolute atomic E-state index is 13.2. The van der Waals surface area contributed by atoms with E-state index < -0.39 is 5.91 Å². The summed E-state index contributed by atoms with van der Waals surface area (Å²) in [5, 5.41) is 10.3. The van der Waals surface area contributed by atoms with Crippen molar-refractivity contribution in [1.29, 1.82) is 0 Å². The molecule has 2 N–H and O–H groups in total. The Hall–Kier alpha value is -1.75. The Morgan fingerprint density at radius 3 is 2.65 bits per heavy atom. The average Bonchev–Trinajstić information content (AvgIpc) is 3.11. The maximum atomic E-state index is 13.2. The smallest absolute Gasteiger partial charge is 0.274 e. The summed E-state index contributed by atoms with van der Waals surface area (Å²) in [7, 11) is 0. The first-order valence-corrected chi connectivity index (χ1v) is 12.0. The van der Waals surface area contributed by atoms with Crippen LogP contribution in [-0.2, 0) is 0 Å². The Morgan fingerprint density at radius 1 is 1.16 bits per heavy atom. The van der Waals surface area contributed by atoms with Crippen LogP contribution in [0.15, 0.2) is 50.1 Å². The lowest BCUT2D eigenvalue weighted by Gasteiger charge is -2.15. The van der Waals surface area contributed by atoms with Crippen LogP contribution in [0.25, 0.3) is 5.82 Å². The van der Waals surface area contributed by atoms with Crippen molar-refractivity contribution in [2.45, 2.75) is 19.8 Å². The van der Waals surface area contributed by atoms with E-state index in [4.69, 9.17) is 11.6 Å².